The van der Waals surface area contributed by atoms with Crippen LogP contribution in [0.2, 0.25) is 68.9 Å². The first-order valence-corrected chi connectivity index (χ1v) is 32.4. The molecule has 0 radical (unpaired) electrons. The minimum Gasteiger partial charge on any atom is -0.427 e. The van der Waals surface area contributed by atoms with Crippen LogP contribution in [0, 0.1) is 27.7 Å². The number of aromatic amines is 1. The lowest BCUT2D eigenvalue weighted by molar-refractivity contribution is 0.415. The first-order chi connectivity index (χ1) is 44.4. The molecule has 94 heavy (non-hydrogen) atoms. The van der Waals surface area contributed by atoms with Gasteiger partial charge in [0.25, 0.3) is 27.8 Å². The van der Waals surface area contributed by atoms with E-state index in [4.69, 9.17) is 148 Å². The SMILES string of the molecule is CB(O)O.CB(O)O.Cc1c(Cl)cnn(Cc2ccccc2Cl)c1=O.Cc1cnn(Cc2ccccc2Cl)c(=O)c1C.Cc1cnn(Cc2ccccc2Cl)c(=O)c1Cl.Clc1ccccc1CBr.O=c1[nH]ncc(Cl)c1Cl.O=c1c(Cl)c(Cl)cnn1Cc1ccccc1Cl. The van der Waals surface area contributed by atoms with E-state index in [0.29, 0.717) is 55.9 Å². The van der Waals surface area contributed by atoms with E-state index in [9.17, 15) is 24.0 Å². The van der Waals surface area contributed by atoms with Gasteiger partial charge in [0.05, 0.1) is 72.2 Å². The van der Waals surface area contributed by atoms with Gasteiger partial charge in [-0.15, -0.1) is 0 Å². The third-order valence-corrected chi connectivity index (χ3v) is 16.6. The molecule has 0 atom stereocenters. The summed E-state index contributed by atoms with van der Waals surface area (Å²) >= 11 is 67.1. The van der Waals surface area contributed by atoms with Gasteiger partial charge in [-0.05, 0) is 111 Å². The van der Waals surface area contributed by atoms with E-state index < -0.39 is 25.4 Å². The van der Waals surface area contributed by atoms with Crippen LogP contribution in [0.1, 0.15) is 50.1 Å². The number of aryl methyl sites for hydroxylation is 2. The molecule has 0 saturated carbocycles. The van der Waals surface area contributed by atoms with Gasteiger partial charge in [0.1, 0.15) is 15.1 Å². The molecule has 0 saturated heterocycles. The van der Waals surface area contributed by atoms with Crippen LogP contribution in [0.4, 0.5) is 0 Å². The van der Waals surface area contributed by atoms with E-state index in [1.54, 1.807) is 44.4 Å². The van der Waals surface area contributed by atoms with Gasteiger partial charge in [0, 0.05) is 41.6 Å². The lowest BCUT2D eigenvalue weighted by atomic mass is 9.99. The topological polar surface area (TPSA) is 266 Å². The van der Waals surface area contributed by atoms with E-state index >= 15 is 0 Å². The van der Waals surface area contributed by atoms with E-state index in [-0.39, 0.29) is 48.3 Å². The molecule has 0 bridgehead atoms. The van der Waals surface area contributed by atoms with Crippen LogP contribution in [0.15, 0.2) is 176 Å². The van der Waals surface area contributed by atoms with Crippen LogP contribution < -0.4 is 27.8 Å². The fraction of sp³-hybridized carbons (Fsp3) is 0.180. The van der Waals surface area contributed by atoms with Crippen molar-refractivity contribution in [1.29, 1.82) is 0 Å². The molecule has 0 aliphatic rings. The molecule has 0 unspecified atom stereocenters. The molecular formula is C61H58B2BrCl11N10O9. The Kier molecular flexibility index (Phi) is 37.4. The molecule has 496 valence electrons. The van der Waals surface area contributed by atoms with Crippen LogP contribution in [0.25, 0.3) is 0 Å². The van der Waals surface area contributed by atoms with E-state index in [1.165, 1.54) is 51.0 Å². The Hall–Kier alpha value is -5.86. The molecular weight excluding hydrogens is 1510 g/mol. The number of benzene rings is 5. The summed E-state index contributed by atoms with van der Waals surface area (Å²) in [6, 6.07) is 37.2. The molecule has 33 heteroatoms. The predicted octanol–water partition coefficient (Wildman–Crippen LogP) is 14.1. The normalized spacial score (nSPS) is 10.0. The average molecular weight is 1570 g/mol. The van der Waals surface area contributed by atoms with Crippen molar-refractivity contribution in [1.82, 2.24) is 49.3 Å². The molecule has 5 heterocycles. The summed E-state index contributed by atoms with van der Waals surface area (Å²) in [5.74, 6) is 0. The highest BCUT2D eigenvalue weighted by atomic mass is 79.9. The smallest absolute Gasteiger partial charge is 0.427 e. The monoisotopic (exact) mass is 1560 g/mol. The molecule has 0 aliphatic heterocycles. The maximum absolute atomic E-state index is 12.0. The van der Waals surface area contributed by atoms with Gasteiger partial charge < -0.3 is 20.1 Å². The van der Waals surface area contributed by atoms with Crippen LogP contribution in [-0.4, -0.2) is 83.7 Å². The van der Waals surface area contributed by atoms with Crippen LogP contribution in [0.5, 0.6) is 0 Å². The Morgan fingerprint density at radius 3 is 0.989 bits per heavy atom. The van der Waals surface area contributed by atoms with Crippen LogP contribution in [-0.2, 0) is 31.5 Å². The summed E-state index contributed by atoms with van der Waals surface area (Å²) in [4.78, 5) is 57.9. The molecule has 10 aromatic rings. The molecule has 10 rings (SSSR count). The van der Waals surface area contributed by atoms with Crippen molar-refractivity contribution in [2.24, 2.45) is 0 Å². The maximum Gasteiger partial charge on any atom is 0.448 e. The van der Waals surface area contributed by atoms with Gasteiger partial charge in [-0.2, -0.15) is 25.5 Å². The first kappa shape index (κ1) is 82.4. The second-order valence-electron chi connectivity index (χ2n) is 19.1. The van der Waals surface area contributed by atoms with Gasteiger partial charge in [-0.3, -0.25) is 24.0 Å². The third kappa shape index (κ3) is 28.1. The number of hydrogen-bond acceptors (Lipinski definition) is 14. The second-order valence-corrected chi connectivity index (χ2v) is 24.0. The number of nitrogens with zero attached hydrogens (tertiary/aromatic N) is 9. The van der Waals surface area contributed by atoms with Gasteiger partial charge in [0.15, 0.2) is 0 Å². The average Bonchev–Trinajstić information content (AvgIpc) is 0.924. The minimum absolute atomic E-state index is 0.0216. The standard InChI is InChI=1S/C13H13ClN2O.2C12H10Cl2N2O.C11H7Cl3N2O.C7H6BrCl.C4H2Cl2N2O.2CH5BO2/c1-9-7-15-16(13(17)10(9)2)8-11-5-3-4-6-12(11)14;1-8-11(14)6-15-16(12(8)17)7-9-4-2-3-5-10(9)13;1-8-6-15-16(12(17)11(8)14)7-9-4-2-3-5-10(9)13;12-8-4-2-1-3-7(8)6-16-11(17)10(14)9(13)5-15-16;8-5-6-3-1-2-4-7(6)9;5-2-1-7-8-4(9)3(2)6;2*1-2(3)4/h3-7H,8H2,1-2H3;2*2-6H,7H2,1H3;1-5H,6H2;1-4H,5H2;1H,(H,8,9);2*3-4H,1H3. The fourth-order valence-corrected chi connectivity index (χ4v) is 9.20. The predicted molar refractivity (Wildman–Crippen MR) is 386 cm³/mol. The minimum atomic E-state index is -1.17. The molecule has 0 spiro atoms. The van der Waals surface area contributed by atoms with E-state index in [2.05, 4.69) is 46.5 Å². The van der Waals surface area contributed by atoms with Crippen LogP contribution in [0.3, 0.4) is 0 Å². The number of aromatic nitrogens is 10. The molecule has 5 aromatic heterocycles. The van der Waals surface area contributed by atoms with Crippen molar-refractivity contribution in [2.45, 2.75) is 72.9 Å². The van der Waals surface area contributed by atoms with Crippen molar-refractivity contribution in [3.8, 4) is 0 Å². The summed E-state index contributed by atoms with van der Waals surface area (Å²) in [6.45, 7) is 11.0. The summed E-state index contributed by atoms with van der Waals surface area (Å²) in [5, 5.41) is 57.0. The number of halogens is 12. The van der Waals surface area contributed by atoms with Crippen molar-refractivity contribution in [2.75, 3.05) is 0 Å². The Morgan fingerprint density at radius 2 is 0.660 bits per heavy atom. The Balaban J connectivity index is 0.000000291. The lowest BCUT2D eigenvalue weighted by Crippen LogP contribution is -2.26. The van der Waals surface area contributed by atoms with Crippen LogP contribution >= 0.6 is 144 Å². The summed E-state index contributed by atoms with van der Waals surface area (Å²) in [6.07, 6.45) is 7.34. The number of rotatable bonds is 9. The molecule has 0 amide bonds. The van der Waals surface area contributed by atoms with Crippen molar-refractivity contribution in [3.05, 3.63) is 309 Å². The molecule has 5 aromatic carbocycles. The van der Waals surface area contributed by atoms with E-state index in [1.807, 2.05) is 117 Å². The number of hydrogen-bond donors (Lipinski definition) is 5. The van der Waals surface area contributed by atoms with Crippen molar-refractivity contribution < 1.29 is 20.1 Å². The zero-order chi connectivity index (χ0) is 70.4. The molecule has 5 N–H and O–H groups in total. The highest BCUT2D eigenvalue weighted by Crippen LogP contribution is 2.21. The Labute approximate surface area is 604 Å². The van der Waals surface area contributed by atoms with Gasteiger partial charge in [-0.1, -0.05) is 235 Å². The third-order valence-electron chi connectivity index (χ3n) is 11.8. The van der Waals surface area contributed by atoms with E-state index in [0.717, 1.165) is 49.3 Å². The lowest BCUT2D eigenvalue weighted by Gasteiger charge is -2.08. The summed E-state index contributed by atoms with van der Waals surface area (Å²) in [5.41, 5.74) is 5.86. The summed E-state index contributed by atoms with van der Waals surface area (Å²) in [7, 11) is -2.33. The zero-order valence-corrected chi connectivity index (χ0v) is 60.4. The van der Waals surface area contributed by atoms with Crippen molar-refractivity contribution in [3.63, 3.8) is 0 Å². The number of nitrogens with one attached hydrogen (secondary N) is 1. The van der Waals surface area contributed by atoms with Gasteiger partial charge in [0.2, 0.25) is 0 Å². The Morgan fingerprint density at radius 1 is 0.372 bits per heavy atom. The quantitative estimate of drug-likeness (QED) is 0.0665. The maximum atomic E-state index is 12.0. The first-order valence-electron chi connectivity index (χ1n) is 27.1. The fourth-order valence-electron chi connectivity index (χ4n) is 6.80. The van der Waals surface area contributed by atoms with Gasteiger partial charge >= 0.3 is 14.2 Å². The number of H-pyrrole nitrogens is 1. The zero-order valence-electron chi connectivity index (χ0n) is 50.5. The molecule has 0 fully saturated rings. The molecule has 0 aliphatic carbocycles. The molecule has 19 nitrogen and oxygen atoms in total. The highest BCUT2D eigenvalue weighted by molar-refractivity contribution is 9.08. The summed E-state index contributed by atoms with van der Waals surface area (Å²) < 4.78 is 5.30. The second kappa shape index (κ2) is 42.6. The number of alkyl halides is 1. The van der Waals surface area contributed by atoms with Crippen molar-refractivity contribution >= 4 is 158 Å². The Bertz CT molecular complexity index is 3950. The largest absolute Gasteiger partial charge is 0.448 e. The highest BCUT2D eigenvalue weighted by Gasteiger charge is 2.12. The van der Waals surface area contributed by atoms with Gasteiger partial charge in [-0.25, -0.2) is 23.8 Å².